The number of halogens is 1. The molecule has 3 aromatic carbocycles. The second-order valence-corrected chi connectivity index (χ2v) is 7.96. The largest absolute Gasteiger partial charge is 0.457 e. The van der Waals surface area contributed by atoms with E-state index in [-0.39, 0.29) is 5.82 Å². The van der Waals surface area contributed by atoms with Crippen molar-refractivity contribution in [2.24, 2.45) is 0 Å². The fourth-order valence-corrected chi connectivity index (χ4v) is 4.75. The Morgan fingerprint density at radius 3 is 2.59 bits per heavy atom. The molecule has 142 valence electrons. The van der Waals surface area contributed by atoms with Crippen molar-refractivity contribution < 1.29 is 9.13 Å². The first-order valence-electron chi connectivity index (χ1n) is 9.53. The van der Waals surface area contributed by atoms with Crippen LogP contribution in [0.25, 0.3) is 23.1 Å². The van der Waals surface area contributed by atoms with E-state index in [1.807, 2.05) is 66.4 Å². The molecule has 0 spiro atoms. The lowest BCUT2D eigenvalue weighted by molar-refractivity contribution is 0.483. The lowest BCUT2D eigenvalue weighted by Gasteiger charge is -2.11. The van der Waals surface area contributed by atoms with Crippen LogP contribution in [0.4, 0.5) is 4.39 Å². The molecule has 4 aromatic rings. The normalized spacial score (nSPS) is 13.1. The first-order chi connectivity index (χ1) is 14.3. The molecule has 4 heteroatoms. The maximum Gasteiger partial charge on any atom is 0.130 e. The number of pyridine rings is 1. The van der Waals surface area contributed by atoms with Crippen LogP contribution >= 0.6 is 11.8 Å². The van der Waals surface area contributed by atoms with Crippen molar-refractivity contribution in [3.8, 4) is 11.5 Å². The van der Waals surface area contributed by atoms with Gasteiger partial charge in [0.15, 0.2) is 0 Å². The molecule has 0 N–H and O–H groups in total. The van der Waals surface area contributed by atoms with Gasteiger partial charge in [0, 0.05) is 21.6 Å². The molecule has 2 nitrogen and oxygen atoms in total. The summed E-state index contributed by atoms with van der Waals surface area (Å²) in [7, 11) is 0. The molecule has 5 rings (SSSR count). The number of benzene rings is 3. The molecule has 0 atom stereocenters. The Balaban J connectivity index is 1.54. The van der Waals surface area contributed by atoms with Crippen molar-refractivity contribution in [3.63, 3.8) is 0 Å². The van der Waals surface area contributed by atoms with Gasteiger partial charge in [-0.05, 0) is 60.5 Å². The molecule has 0 fully saturated rings. The summed E-state index contributed by atoms with van der Waals surface area (Å²) in [6.45, 7) is 0. The lowest BCUT2D eigenvalue weighted by Crippen LogP contribution is -1.94. The Labute approximate surface area is 173 Å². The summed E-state index contributed by atoms with van der Waals surface area (Å²) in [6, 6.07) is 22.6. The second kappa shape index (κ2) is 7.72. The maximum atomic E-state index is 14.0. The van der Waals surface area contributed by atoms with Gasteiger partial charge in [0.05, 0.1) is 11.2 Å². The standard InChI is InChI=1S/C25H18FNOS/c26-22-9-5-4-6-17(22)10-12-23-20-14-15-29-25(20)21-16-19(11-13-24(21)27-23)28-18-7-2-1-3-8-18/h1-13,16H,14-15H2/b12-10+. The Morgan fingerprint density at radius 1 is 0.897 bits per heavy atom. The van der Waals surface area contributed by atoms with Crippen LogP contribution in [0.15, 0.2) is 77.7 Å². The Bertz CT molecular complexity index is 1220. The van der Waals surface area contributed by atoms with E-state index < -0.39 is 0 Å². The third-order valence-electron chi connectivity index (χ3n) is 4.94. The molecule has 1 aliphatic rings. The summed E-state index contributed by atoms with van der Waals surface area (Å²) < 4.78 is 20.0. The average Bonchev–Trinajstić information content (AvgIpc) is 3.24. The van der Waals surface area contributed by atoms with Crippen molar-refractivity contribution >= 4 is 34.8 Å². The first kappa shape index (κ1) is 18.0. The zero-order valence-corrected chi connectivity index (χ0v) is 16.5. The summed E-state index contributed by atoms with van der Waals surface area (Å²) in [5.41, 5.74) is 3.64. The van der Waals surface area contributed by atoms with Gasteiger partial charge in [0.2, 0.25) is 0 Å². The minimum absolute atomic E-state index is 0.224. The van der Waals surface area contributed by atoms with Gasteiger partial charge in [-0.1, -0.05) is 36.4 Å². The molecule has 0 unspecified atom stereocenters. The van der Waals surface area contributed by atoms with Crippen LogP contribution in [0.3, 0.4) is 0 Å². The van der Waals surface area contributed by atoms with Gasteiger partial charge in [0.25, 0.3) is 0 Å². The number of hydrogen-bond donors (Lipinski definition) is 0. The van der Waals surface area contributed by atoms with E-state index in [4.69, 9.17) is 9.72 Å². The van der Waals surface area contributed by atoms with Crippen LogP contribution < -0.4 is 4.74 Å². The van der Waals surface area contributed by atoms with E-state index in [9.17, 15) is 4.39 Å². The number of aromatic nitrogens is 1. The van der Waals surface area contributed by atoms with Crippen LogP contribution in [0.1, 0.15) is 16.8 Å². The minimum atomic E-state index is -0.224. The van der Waals surface area contributed by atoms with E-state index >= 15 is 0 Å². The molecule has 0 bridgehead atoms. The third kappa shape index (κ3) is 3.64. The van der Waals surface area contributed by atoms with E-state index in [2.05, 4.69) is 6.07 Å². The lowest BCUT2D eigenvalue weighted by atomic mass is 10.1. The molecule has 1 aliphatic heterocycles. The van der Waals surface area contributed by atoms with Gasteiger partial charge in [-0.25, -0.2) is 9.37 Å². The quantitative estimate of drug-likeness (QED) is 0.369. The van der Waals surface area contributed by atoms with Gasteiger partial charge < -0.3 is 4.74 Å². The number of rotatable bonds is 4. The summed E-state index contributed by atoms with van der Waals surface area (Å²) >= 11 is 1.85. The number of thioether (sulfide) groups is 1. The maximum absolute atomic E-state index is 14.0. The minimum Gasteiger partial charge on any atom is -0.457 e. The predicted molar refractivity (Wildman–Crippen MR) is 118 cm³/mol. The Hall–Kier alpha value is -3.11. The molecule has 0 saturated carbocycles. The highest BCUT2D eigenvalue weighted by Gasteiger charge is 2.20. The molecular weight excluding hydrogens is 381 g/mol. The number of para-hydroxylation sites is 1. The van der Waals surface area contributed by atoms with Gasteiger partial charge in [0.1, 0.15) is 17.3 Å². The molecule has 2 heterocycles. The van der Waals surface area contributed by atoms with Crippen molar-refractivity contribution in [1.29, 1.82) is 0 Å². The Kier molecular flexibility index (Phi) is 4.78. The molecule has 0 saturated heterocycles. The highest BCUT2D eigenvalue weighted by Crippen LogP contribution is 2.40. The van der Waals surface area contributed by atoms with Crippen LogP contribution in [-0.2, 0) is 6.42 Å². The summed E-state index contributed by atoms with van der Waals surface area (Å²) in [5.74, 6) is 2.42. The van der Waals surface area contributed by atoms with Gasteiger partial charge in [-0.15, -0.1) is 11.8 Å². The van der Waals surface area contributed by atoms with Crippen molar-refractivity contribution in [1.82, 2.24) is 4.98 Å². The monoisotopic (exact) mass is 399 g/mol. The first-order valence-corrected chi connectivity index (χ1v) is 10.5. The van der Waals surface area contributed by atoms with Crippen LogP contribution in [0.2, 0.25) is 0 Å². The highest BCUT2D eigenvalue weighted by molar-refractivity contribution is 7.99. The number of ether oxygens (including phenoxy) is 1. The molecule has 0 amide bonds. The third-order valence-corrected chi connectivity index (χ3v) is 6.10. The van der Waals surface area contributed by atoms with E-state index in [0.717, 1.165) is 40.3 Å². The van der Waals surface area contributed by atoms with Gasteiger partial charge in [-0.3, -0.25) is 0 Å². The Morgan fingerprint density at radius 2 is 1.72 bits per heavy atom. The summed E-state index contributed by atoms with van der Waals surface area (Å²) in [5, 5.41) is 1.11. The predicted octanol–water partition coefficient (Wildman–Crippen LogP) is 6.98. The van der Waals surface area contributed by atoms with E-state index in [0.29, 0.717) is 5.56 Å². The molecular formula is C25H18FNOS. The summed E-state index contributed by atoms with van der Waals surface area (Å²) in [6.07, 6.45) is 4.69. The van der Waals surface area contributed by atoms with Gasteiger partial charge >= 0.3 is 0 Å². The molecule has 0 aliphatic carbocycles. The highest BCUT2D eigenvalue weighted by atomic mass is 32.2. The van der Waals surface area contributed by atoms with Gasteiger partial charge in [-0.2, -0.15) is 0 Å². The fourth-order valence-electron chi connectivity index (χ4n) is 3.54. The fraction of sp³-hybridized carbons (Fsp3) is 0.0800. The zero-order chi connectivity index (χ0) is 19.6. The zero-order valence-electron chi connectivity index (χ0n) is 15.6. The summed E-state index contributed by atoms with van der Waals surface area (Å²) in [4.78, 5) is 6.11. The molecule has 1 aromatic heterocycles. The van der Waals surface area contributed by atoms with Crippen molar-refractivity contribution in [2.45, 2.75) is 11.3 Å². The van der Waals surface area contributed by atoms with Crippen LogP contribution in [0, 0.1) is 5.82 Å². The number of hydrogen-bond acceptors (Lipinski definition) is 3. The average molecular weight is 399 g/mol. The van der Waals surface area contributed by atoms with Crippen molar-refractivity contribution in [2.75, 3.05) is 5.75 Å². The second-order valence-electron chi connectivity index (χ2n) is 6.85. The smallest absolute Gasteiger partial charge is 0.130 e. The topological polar surface area (TPSA) is 22.1 Å². The molecule has 0 radical (unpaired) electrons. The SMILES string of the molecule is Fc1ccccc1/C=C/c1nc2ccc(Oc3ccccc3)cc2c2c1CCS2. The van der Waals surface area contributed by atoms with E-state index in [1.165, 1.54) is 16.5 Å². The van der Waals surface area contributed by atoms with Crippen LogP contribution in [-0.4, -0.2) is 10.7 Å². The van der Waals surface area contributed by atoms with Crippen LogP contribution in [0.5, 0.6) is 11.5 Å². The number of fused-ring (bicyclic) bond motifs is 3. The number of nitrogens with zero attached hydrogens (tertiary/aromatic N) is 1. The molecule has 29 heavy (non-hydrogen) atoms. The van der Waals surface area contributed by atoms with Crippen molar-refractivity contribution in [3.05, 3.63) is 95.4 Å². The van der Waals surface area contributed by atoms with E-state index in [1.54, 1.807) is 18.2 Å².